The predicted octanol–water partition coefficient (Wildman–Crippen LogP) is 2.29. The summed E-state index contributed by atoms with van der Waals surface area (Å²) in [5.41, 5.74) is 0. The topological polar surface area (TPSA) is 87.0 Å². The van der Waals surface area contributed by atoms with Crippen molar-refractivity contribution in [1.29, 1.82) is 5.26 Å². The van der Waals surface area contributed by atoms with Gasteiger partial charge in [-0.15, -0.1) is 0 Å². The highest BCUT2D eigenvalue weighted by molar-refractivity contribution is 7.91. The van der Waals surface area contributed by atoms with Crippen LogP contribution in [0.3, 0.4) is 0 Å². The molecule has 0 radical (unpaired) electrons. The highest BCUT2D eigenvalue weighted by atomic mass is 32.2. The van der Waals surface area contributed by atoms with Crippen LogP contribution in [0.4, 0.5) is 4.39 Å². The molecule has 7 heteroatoms. The molecule has 2 rings (SSSR count). The lowest BCUT2D eigenvalue weighted by Gasteiger charge is -2.33. The Hall–Kier alpha value is -1.94. The quantitative estimate of drug-likeness (QED) is 0.651. The number of sulfone groups is 1. The summed E-state index contributed by atoms with van der Waals surface area (Å²) in [4.78, 5) is 12.3. The van der Waals surface area contributed by atoms with E-state index in [4.69, 9.17) is 5.26 Å². The normalized spacial score (nSPS) is 24.1. The first-order valence-electron chi connectivity index (χ1n) is 7.96. The summed E-state index contributed by atoms with van der Waals surface area (Å²) in [6.07, 6.45) is 2.12. The zero-order valence-corrected chi connectivity index (χ0v) is 14.4. The first-order chi connectivity index (χ1) is 11.3. The molecule has 1 aliphatic carbocycles. The zero-order valence-electron chi connectivity index (χ0n) is 13.5. The van der Waals surface area contributed by atoms with Crippen molar-refractivity contribution in [2.45, 2.75) is 31.1 Å². The van der Waals surface area contributed by atoms with Crippen LogP contribution in [0.5, 0.6) is 0 Å². The SMILES string of the molecule is CC1CCC(C(=O)NCC#N)C(CS(=O)(=O)c2ccc(F)cc2)C1. The smallest absolute Gasteiger partial charge is 0.224 e. The summed E-state index contributed by atoms with van der Waals surface area (Å²) >= 11 is 0. The number of benzene rings is 1. The van der Waals surface area contributed by atoms with E-state index in [0.29, 0.717) is 18.8 Å². The van der Waals surface area contributed by atoms with E-state index in [-0.39, 0.29) is 29.0 Å². The molecule has 1 aromatic carbocycles. The lowest BCUT2D eigenvalue weighted by Crippen LogP contribution is -2.40. The van der Waals surface area contributed by atoms with Crippen molar-refractivity contribution in [1.82, 2.24) is 5.32 Å². The first-order valence-corrected chi connectivity index (χ1v) is 9.61. The number of carbonyl (C=O) groups excluding carboxylic acids is 1. The third-order valence-electron chi connectivity index (χ3n) is 4.53. The highest BCUT2D eigenvalue weighted by Crippen LogP contribution is 2.35. The van der Waals surface area contributed by atoms with Gasteiger partial charge in [-0.2, -0.15) is 5.26 Å². The largest absolute Gasteiger partial charge is 0.343 e. The van der Waals surface area contributed by atoms with Crippen LogP contribution >= 0.6 is 0 Å². The van der Waals surface area contributed by atoms with Gasteiger partial charge in [-0.25, -0.2) is 12.8 Å². The van der Waals surface area contributed by atoms with E-state index in [0.717, 1.165) is 18.6 Å². The van der Waals surface area contributed by atoms with Gasteiger partial charge < -0.3 is 5.32 Å². The summed E-state index contributed by atoms with van der Waals surface area (Å²) in [5, 5.41) is 11.1. The van der Waals surface area contributed by atoms with Crippen molar-refractivity contribution in [2.24, 2.45) is 17.8 Å². The molecule has 1 aliphatic rings. The van der Waals surface area contributed by atoms with Crippen LogP contribution in [0, 0.1) is 34.9 Å². The van der Waals surface area contributed by atoms with Crippen molar-refractivity contribution in [3.05, 3.63) is 30.1 Å². The summed E-state index contributed by atoms with van der Waals surface area (Å²) < 4.78 is 38.2. The minimum atomic E-state index is -3.60. The Morgan fingerprint density at radius 3 is 2.62 bits per heavy atom. The van der Waals surface area contributed by atoms with Crippen LogP contribution in [-0.2, 0) is 14.6 Å². The van der Waals surface area contributed by atoms with Crippen LogP contribution < -0.4 is 5.32 Å². The second kappa shape index (κ2) is 7.75. The molecular weight excluding hydrogens is 331 g/mol. The zero-order chi connectivity index (χ0) is 17.7. The third-order valence-corrected chi connectivity index (χ3v) is 6.39. The monoisotopic (exact) mass is 352 g/mol. The summed E-state index contributed by atoms with van der Waals surface area (Å²) in [5.74, 6) is -1.27. The Balaban J connectivity index is 2.17. The molecule has 0 spiro atoms. The standard InChI is InChI=1S/C17H21FN2O3S/c1-12-2-7-16(17(21)20-9-8-19)13(10-12)11-24(22,23)15-5-3-14(18)4-6-15/h3-6,12-13,16H,2,7,9-11H2,1H3,(H,20,21). The second-order valence-corrected chi connectivity index (χ2v) is 8.43. The number of nitriles is 1. The van der Waals surface area contributed by atoms with Crippen LogP contribution in [0.15, 0.2) is 29.2 Å². The van der Waals surface area contributed by atoms with E-state index in [2.05, 4.69) is 5.32 Å². The van der Waals surface area contributed by atoms with Crippen LogP contribution in [-0.4, -0.2) is 26.6 Å². The molecule has 0 saturated heterocycles. The number of amides is 1. The summed E-state index contributed by atoms with van der Waals surface area (Å²) in [7, 11) is -3.60. The maximum Gasteiger partial charge on any atom is 0.224 e. The van der Waals surface area contributed by atoms with Gasteiger partial charge in [-0.3, -0.25) is 4.79 Å². The lowest BCUT2D eigenvalue weighted by molar-refractivity contribution is -0.127. The Kier molecular flexibility index (Phi) is 5.94. The van der Waals surface area contributed by atoms with Crippen molar-refractivity contribution in [2.75, 3.05) is 12.3 Å². The van der Waals surface area contributed by atoms with Gasteiger partial charge in [0, 0.05) is 5.92 Å². The molecule has 5 nitrogen and oxygen atoms in total. The minimum absolute atomic E-state index is 0.0679. The molecule has 3 unspecified atom stereocenters. The Morgan fingerprint density at radius 1 is 1.33 bits per heavy atom. The fourth-order valence-electron chi connectivity index (χ4n) is 3.31. The molecule has 0 aromatic heterocycles. The van der Waals surface area contributed by atoms with Crippen LogP contribution in [0.1, 0.15) is 26.2 Å². The molecule has 1 aromatic rings. The van der Waals surface area contributed by atoms with Crippen molar-refractivity contribution in [3.63, 3.8) is 0 Å². The predicted molar refractivity (Wildman–Crippen MR) is 87.1 cm³/mol. The van der Waals surface area contributed by atoms with E-state index in [1.165, 1.54) is 12.1 Å². The van der Waals surface area contributed by atoms with Gasteiger partial charge >= 0.3 is 0 Å². The second-order valence-electron chi connectivity index (χ2n) is 6.40. The molecule has 1 saturated carbocycles. The highest BCUT2D eigenvalue weighted by Gasteiger charge is 2.36. The van der Waals surface area contributed by atoms with E-state index in [9.17, 15) is 17.6 Å². The fraction of sp³-hybridized carbons (Fsp3) is 0.529. The van der Waals surface area contributed by atoms with Gasteiger partial charge in [0.05, 0.1) is 16.7 Å². The first kappa shape index (κ1) is 18.4. The number of halogens is 1. The Morgan fingerprint density at radius 2 is 2.00 bits per heavy atom. The maximum absolute atomic E-state index is 13.0. The van der Waals surface area contributed by atoms with Gasteiger partial charge in [-0.05, 0) is 55.4 Å². The van der Waals surface area contributed by atoms with Gasteiger partial charge in [0.15, 0.2) is 9.84 Å². The molecule has 0 aliphatic heterocycles. The third kappa shape index (κ3) is 4.54. The summed E-state index contributed by atoms with van der Waals surface area (Å²) in [6, 6.07) is 6.60. The van der Waals surface area contributed by atoms with Crippen molar-refractivity contribution < 1.29 is 17.6 Å². The maximum atomic E-state index is 13.0. The van der Waals surface area contributed by atoms with Gasteiger partial charge in [0.2, 0.25) is 5.91 Å². The molecule has 3 atom stereocenters. The van der Waals surface area contributed by atoms with E-state index in [1.54, 1.807) is 0 Å². The Labute approximate surface area is 141 Å². The number of nitrogens with one attached hydrogen (secondary N) is 1. The van der Waals surface area contributed by atoms with E-state index < -0.39 is 21.6 Å². The van der Waals surface area contributed by atoms with Crippen LogP contribution in [0.25, 0.3) is 0 Å². The lowest BCUT2D eigenvalue weighted by atomic mass is 9.75. The number of rotatable bonds is 5. The molecule has 1 N–H and O–H groups in total. The van der Waals surface area contributed by atoms with Gasteiger partial charge in [0.1, 0.15) is 12.4 Å². The van der Waals surface area contributed by atoms with Gasteiger partial charge in [0.25, 0.3) is 0 Å². The van der Waals surface area contributed by atoms with Gasteiger partial charge in [-0.1, -0.05) is 6.92 Å². The van der Waals surface area contributed by atoms with Crippen molar-refractivity contribution >= 4 is 15.7 Å². The minimum Gasteiger partial charge on any atom is -0.343 e. The van der Waals surface area contributed by atoms with Crippen molar-refractivity contribution in [3.8, 4) is 6.07 Å². The molecule has 24 heavy (non-hydrogen) atoms. The molecule has 1 fully saturated rings. The van der Waals surface area contributed by atoms with E-state index >= 15 is 0 Å². The number of hydrogen-bond donors (Lipinski definition) is 1. The number of hydrogen-bond acceptors (Lipinski definition) is 4. The molecular formula is C17H21FN2O3S. The molecule has 130 valence electrons. The molecule has 1 amide bonds. The number of nitrogens with zero attached hydrogens (tertiary/aromatic N) is 1. The molecule has 0 heterocycles. The number of carbonyl (C=O) groups is 1. The summed E-state index contributed by atoms with van der Waals surface area (Å²) in [6.45, 7) is 1.96. The molecule has 0 bridgehead atoms. The average Bonchev–Trinajstić information content (AvgIpc) is 2.52. The van der Waals surface area contributed by atoms with E-state index in [1.807, 2.05) is 13.0 Å². The fourth-order valence-corrected chi connectivity index (χ4v) is 4.98. The Bertz CT molecular complexity index is 725. The van der Waals surface area contributed by atoms with Crippen LogP contribution in [0.2, 0.25) is 0 Å². The average molecular weight is 352 g/mol.